The maximum absolute atomic E-state index is 12.9. The van der Waals surface area contributed by atoms with Crippen LogP contribution in [0.1, 0.15) is 42.6 Å². The molecule has 1 aliphatic rings. The Morgan fingerprint density at radius 1 is 1.26 bits per heavy atom. The molecule has 10 heteroatoms. The molecular formula is C24H29N5O5. The van der Waals surface area contributed by atoms with Crippen LogP contribution >= 0.6 is 0 Å². The highest BCUT2D eigenvalue weighted by molar-refractivity contribution is 5.96. The minimum absolute atomic E-state index is 0.0449. The van der Waals surface area contributed by atoms with Crippen LogP contribution in [0.3, 0.4) is 0 Å². The zero-order valence-corrected chi connectivity index (χ0v) is 19.3. The van der Waals surface area contributed by atoms with Gasteiger partial charge in [0, 0.05) is 55.1 Å². The Labute approximate surface area is 198 Å². The van der Waals surface area contributed by atoms with E-state index in [1.807, 2.05) is 23.6 Å². The number of non-ortho nitro benzene ring substituents is 1. The largest absolute Gasteiger partial charge is 0.508 e. The van der Waals surface area contributed by atoms with Crippen LogP contribution in [0.2, 0.25) is 0 Å². The monoisotopic (exact) mass is 467 g/mol. The number of hydrazone groups is 1. The van der Waals surface area contributed by atoms with E-state index in [-0.39, 0.29) is 28.8 Å². The predicted octanol–water partition coefficient (Wildman–Crippen LogP) is 3.15. The number of amides is 2. The molecule has 3 rings (SSSR count). The number of nitrogens with zero attached hydrogens (tertiary/aromatic N) is 4. The Morgan fingerprint density at radius 2 is 2.03 bits per heavy atom. The summed E-state index contributed by atoms with van der Waals surface area (Å²) in [6.07, 6.45) is 2.97. The van der Waals surface area contributed by atoms with Crippen molar-refractivity contribution >= 4 is 29.4 Å². The van der Waals surface area contributed by atoms with Gasteiger partial charge in [-0.15, -0.1) is 0 Å². The molecule has 0 aliphatic carbocycles. The Bertz CT molecular complexity index is 1080. The molecule has 1 heterocycles. The van der Waals surface area contributed by atoms with Crippen molar-refractivity contribution in [3.05, 3.63) is 63.7 Å². The summed E-state index contributed by atoms with van der Waals surface area (Å²) in [7, 11) is 0. The maximum Gasteiger partial charge on any atom is 0.271 e. The minimum atomic E-state index is -0.526. The van der Waals surface area contributed by atoms with Crippen LogP contribution < -0.4 is 10.3 Å². The number of rotatable bonds is 8. The van der Waals surface area contributed by atoms with Crippen molar-refractivity contribution < 1.29 is 19.6 Å². The Balaban J connectivity index is 1.82. The number of piperidine rings is 1. The molecule has 2 aromatic carbocycles. The summed E-state index contributed by atoms with van der Waals surface area (Å²) < 4.78 is 0. The third-order valence-electron chi connectivity index (χ3n) is 5.89. The van der Waals surface area contributed by atoms with Crippen LogP contribution in [0.25, 0.3) is 0 Å². The molecule has 2 aromatic rings. The van der Waals surface area contributed by atoms with E-state index >= 15 is 0 Å². The fraction of sp³-hybridized carbons (Fsp3) is 0.375. The summed E-state index contributed by atoms with van der Waals surface area (Å²) >= 11 is 0. The molecule has 34 heavy (non-hydrogen) atoms. The van der Waals surface area contributed by atoms with E-state index in [1.165, 1.54) is 36.5 Å². The second-order valence-electron chi connectivity index (χ2n) is 8.05. The first kappa shape index (κ1) is 24.7. The van der Waals surface area contributed by atoms with E-state index in [4.69, 9.17) is 0 Å². The molecule has 1 aliphatic heterocycles. The summed E-state index contributed by atoms with van der Waals surface area (Å²) in [6, 6.07) is 10.3. The van der Waals surface area contributed by atoms with Gasteiger partial charge in [-0.3, -0.25) is 19.7 Å². The number of nitro groups is 1. The Hall–Kier alpha value is -3.95. The number of phenols is 1. The van der Waals surface area contributed by atoms with E-state index < -0.39 is 10.8 Å². The molecule has 0 unspecified atom stereocenters. The summed E-state index contributed by atoms with van der Waals surface area (Å²) in [4.78, 5) is 39.9. The van der Waals surface area contributed by atoms with Crippen molar-refractivity contribution in [2.24, 2.45) is 11.0 Å². The lowest BCUT2D eigenvalue weighted by molar-refractivity contribution is -0.384. The third kappa shape index (κ3) is 5.89. The molecule has 1 fully saturated rings. The lowest BCUT2D eigenvalue weighted by Gasteiger charge is -2.36. The van der Waals surface area contributed by atoms with Gasteiger partial charge in [-0.25, -0.2) is 5.43 Å². The van der Waals surface area contributed by atoms with Crippen molar-refractivity contribution in [3.8, 4) is 5.75 Å². The number of carbonyl (C=O) groups excluding carboxylic acids is 2. The fourth-order valence-electron chi connectivity index (χ4n) is 4.11. The van der Waals surface area contributed by atoms with Crippen LogP contribution in [-0.2, 0) is 4.79 Å². The van der Waals surface area contributed by atoms with E-state index in [0.29, 0.717) is 37.4 Å². The first-order valence-electron chi connectivity index (χ1n) is 11.3. The highest BCUT2D eigenvalue weighted by Crippen LogP contribution is 2.29. The van der Waals surface area contributed by atoms with Crippen molar-refractivity contribution in [2.45, 2.75) is 26.7 Å². The summed E-state index contributed by atoms with van der Waals surface area (Å²) in [5.41, 5.74) is 3.67. The van der Waals surface area contributed by atoms with Gasteiger partial charge in [0.25, 0.3) is 11.6 Å². The molecule has 1 saturated heterocycles. The molecule has 2 amide bonds. The SMILES string of the molecule is CCN(CC)C(=O)[C@H]1CCCN(c2ccc([N+](=O)[O-])cc2/C=N\NC(=O)c2cccc(O)c2)C1. The van der Waals surface area contributed by atoms with E-state index in [0.717, 1.165) is 12.8 Å². The topological polar surface area (TPSA) is 128 Å². The van der Waals surface area contributed by atoms with Crippen molar-refractivity contribution in [3.63, 3.8) is 0 Å². The number of nitrogens with one attached hydrogen (secondary N) is 1. The van der Waals surface area contributed by atoms with Gasteiger partial charge in [0.1, 0.15) is 5.75 Å². The van der Waals surface area contributed by atoms with E-state index in [2.05, 4.69) is 10.5 Å². The minimum Gasteiger partial charge on any atom is -0.508 e. The standard InChI is InChI=1S/C24H29N5O5/c1-3-27(4-2)24(32)18-8-6-12-28(16-18)22-11-10-20(29(33)34)13-19(22)15-25-26-23(31)17-7-5-9-21(30)14-17/h5,7,9-11,13-15,18,30H,3-4,6,8,12,16H2,1-2H3,(H,26,31)/b25-15-/t18-/m0/s1. The number of anilines is 1. The predicted molar refractivity (Wildman–Crippen MR) is 129 cm³/mol. The first-order chi connectivity index (χ1) is 16.3. The van der Waals surface area contributed by atoms with E-state index in [1.54, 1.807) is 12.1 Å². The number of nitro benzene ring substituents is 1. The number of benzene rings is 2. The molecule has 0 radical (unpaired) electrons. The number of hydrogen-bond acceptors (Lipinski definition) is 7. The first-order valence-corrected chi connectivity index (χ1v) is 11.3. The molecule has 10 nitrogen and oxygen atoms in total. The molecule has 0 saturated carbocycles. The number of carbonyl (C=O) groups is 2. The fourth-order valence-corrected chi connectivity index (χ4v) is 4.11. The van der Waals surface area contributed by atoms with Crippen molar-refractivity contribution in [2.75, 3.05) is 31.1 Å². The van der Waals surface area contributed by atoms with Gasteiger partial charge in [0.15, 0.2) is 0 Å². The zero-order valence-electron chi connectivity index (χ0n) is 19.3. The van der Waals surface area contributed by atoms with E-state index in [9.17, 15) is 24.8 Å². The molecular weight excluding hydrogens is 438 g/mol. The summed E-state index contributed by atoms with van der Waals surface area (Å²) in [5, 5.41) is 24.8. The highest BCUT2D eigenvalue weighted by atomic mass is 16.6. The van der Waals surface area contributed by atoms with Gasteiger partial charge in [-0.1, -0.05) is 6.07 Å². The molecule has 1 atom stereocenters. The Kier molecular flexibility index (Phi) is 8.18. The van der Waals surface area contributed by atoms with Gasteiger partial charge < -0.3 is 14.9 Å². The molecule has 0 aromatic heterocycles. The van der Waals surface area contributed by atoms with Crippen LogP contribution in [0.4, 0.5) is 11.4 Å². The van der Waals surface area contributed by atoms with Crippen molar-refractivity contribution in [1.82, 2.24) is 10.3 Å². The lowest BCUT2D eigenvalue weighted by atomic mass is 9.95. The maximum atomic E-state index is 12.9. The zero-order chi connectivity index (χ0) is 24.7. The summed E-state index contributed by atoms with van der Waals surface area (Å²) in [6.45, 7) is 6.43. The van der Waals surface area contributed by atoms with Crippen LogP contribution in [0.15, 0.2) is 47.6 Å². The Morgan fingerprint density at radius 3 is 2.71 bits per heavy atom. The van der Waals surface area contributed by atoms with Crippen LogP contribution in [-0.4, -0.2) is 59.1 Å². The molecule has 0 spiro atoms. The second-order valence-corrected chi connectivity index (χ2v) is 8.05. The average molecular weight is 468 g/mol. The summed E-state index contributed by atoms with van der Waals surface area (Å²) in [5.74, 6) is -0.609. The normalized spacial score (nSPS) is 15.8. The quantitative estimate of drug-likeness (QED) is 0.349. The van der Waals surface area contributed by atoms with Crippen LogP contribution in [0, 0.1) is 16.0 Å². The third-order valence-corrected chi connectivity index (χ3v) is 5.89. The molecule has 2 N–H and O–H groups in total. The number of aromatic hydroxyl groups is 1. The van der Waals surface area contributed by atoms with Crippen molar-refractivity contribution in [1.29, 1.82) is 0 Å². The highest BCUT2D eigenvalue weighted by Gasteiger charge is 2.29. The molecule has 0 bridgehead atoms. The average Bonchev–Trinajstić information content (AvgIpc) is 2.84. The number of phenolic OH excluding ortho intramolecular Hbond substituents is 1. The smallest absolute Gasteiger partial charge is 0.271 e. The van der Waals surface area contributed by atoms with Gasteiger partial charge >= 0.3 is 0 Å². The van der Waals surface area contributed by atoms with Gasteiger partial charge in [-0.05, 0) is 51.0 Å². The van der Waals surface area contributed by atoms with Gasteiger partial charge in [0.05, 0.1) is 17.1 Å². The number of hydrogen-bond donors (Lipinski definition) is 2. The second kappa shape index (κ2) is 11.3. The van der Waals surface area contributed by atoms with Gasteiger partial charge in [0.2, 0.25) is 5.91 Å². The molecule has 180 valence electrons. The lowest BCUT2D eigenvalue weighted by Crippen LogP contribution is -2.45. The van der Waals surface area contributed by atoms with Crippen LogP contribution in [0.5, 0.6) is 5.75 Å². The van der Waals surface area contributed by atoms with Gasteiger partial charge in [-0.2, -0.15) is 5.10 Å².